The first-order chi connectivity index (χ1) is 9.00. The summed E-state index contributed by atoms with van der Waals surface area (Å²) in [5.41, 5.74) is 5.91. The van der Waals surface area contributed by atoms with Crippen molar-refractivity contribution in [1.82, 2.24) is 5.32 Å². The van der Waals surface area contributed by atoms with Gasteiger partial charge in [-0.2, -0.15) is 0 Å². The van der Waals surface area contributed by atoms with Crippen LogP contribution in [0.1, 0.15) is 33.1 Å². The fraction of sp³-hybridized carbons (Fsp3) is 0.846. The third-order valence-corrected chi connectivity index (χ3v) is 3.07. The van der Waals surface area contributed by atoms with Gasteiger partial charge in [0.15, 0.2) is 0 Å². The lowest BCUT2D eigenvalue weighted by Crippen LogP contribution is -2.47. The average Bonchev–Trinajstić information content (AvgIpc) is 2.37. The van der Waals surface area contributed by atoms with Crippen molar-refractivity contribution >= 4 is 24.3 Å². The molecule has 1 amide bonds. The van der Waals surface area contributed by atoms with E-state index >= 15 is 0 Å². The molecular weight excluding hydrogens is 284 g/mol. The van der Waals surface area contributed by atoms with E-state index in [-0.39, 0.29) is 49.3 Å². The Balaban J connectivity index is 0.00000361. The van der Waals surface area contributed by atoms with E-state index in [9.17, 15) is 9.59 Å². The zero-order chi connectivity index (χ0) is 14.3. The summed E-state index contributed by atoms with van der Waals surface area (Å²) in [7, 11) is 0. The minimum absolute atomic E-state index is 0. The SMILES string of the molecule is CC(C)OC(=O)CCNC(=O)C(N)C1CCOCC1.Cl. The summed E-state index contributed by atoms with van der Waals surface area (Å²) in [5.74, 6) is -0.351. The van der Waals surface area contributed by atoms with Crippen molar-refractivity contribution in [1.29, 1.82) is 0 Å². The van der Waals surface area contributed by atoms with Crippen LogP contribution >= 0.6 is 12.4 Å². The zero-order valence-electron chi connectivity index (χ0n) is 12.1. The van der Waals surface area contributed by atoms with Gasteiger partial charge in [0.1, 0.15) is 0 Å². The van der Waals surface area contributed by atoms with Crippen LogP contribution in [-0.2, 0) is 19.1 Å². The summed E-state index contributed by atoms with van der Waals surface area (Å²) in [6, 6.07) is -0.523. The molecule has 0 aromatic carbocycles. The third kappa shape index (κ3) is 7.07. The summed E-state index contributed by atoms with van der Waals surface area (Å²) < 4.78 is 10.2. The minimum Gasteiger partial charge on any atom is -0.463 e. The Labute approximate surface area is 126 Å². The van der Waals surface area contributed by atoms with Crippen molar-refractivity contribution in [3.05, 3.63) is 0 Å². The van der Waals surface area contributed by atoms with Gasteiger partial charge in [0.05, 0.1) is 18.6 Å². The second-order valence-electron chi connectivity index (χ2n) is 5.06. The molecule has 3 N–H and O–H groups in total. The Bertz CT molecular complexity index is 307. The summed E-state index contributed by atoms with van der Waals surface area (Å²) in [6.45, 7) is 5.16. The van der Waals surface area contributed by atoms with Crippen LogP contribution in [0, 0.1) is 5.92 Å². The van der Waals surface area contributed by atoms with Crippen LogP contribution in [0.2, 0.25) is 0 Å². The number of hydrogen-bond acceptors (Lipinski definition) is 5. The van der Waals surface area contributed by atoms with Gasteiger partial charge in [-0.05, 0) is 32.6 Å². The van der Waals surface area contributed by atoms with Crippen molar-refractivity contribution in [2.45, 2.75) is 45.3 Å². The van der Waals surface area contributed by atoms with Crippen molar-refractivity contribution in [2.75, 3.05) is 19.8 Å². The summed E-state index contributed by atoms with van der Waals surface area (Å²) >= 11 is 0. The van der Waals surface area contributed by atoms with Gasteiger partial charge in [-0.3, -0.25) is 9.59 Å². The molecule has 6 nitrogen and oxygen atoms in total. The largest absolute Gasteiger partial charge is 0.463 e. The molecule has 1 heterocycles. The van der Waals surface area contributed by atoms with Crippen LogP contribution < -0.4 is 11.1 Å². The molecule has 118 valence electrons. The fourth-order valence-electron chi connectivity index (χ4n) is 2.02. The number of esters is 1. The number of carbonyl (C=O) groups excluding carboxylic acids is 2. The Morgan fingerprint density at radius 1 is 1.35 bits per heavy atom. The number of rotatable bonds is 6. The van der Waals surface area contributed by atoms with Gasteiger partial charge in [-0.15, -0.1) is 12.4 Å². The number of nitrogens with one attached hydrogen (secondary N) is 1. The molecule has 20 heavy (non-hydrogen) atoms. The van der Waals surface area contributed by atoms with Crippen molar-refractivity contribution in [3.63, 3.8) is 0 Å². The Hall–Kier alpha value is -0.850. The molecule has 0 saturated carbocycles. The molecule has 0 bridgehead atoms. The molecule has 1 rings (SSSR count). The first kappa shape index (κ1) is 19.1. The zero-order valence-corrected chi connectivity index (χ0v) is 12.9. The van der Waals surface area contributed by atoms with E-state index in [1.165, 1.54) is 0 Å². The maximum absolute atomic E-state index is 11.8. The van der Waals surface area contributed by atoms with Gasteiger partial charge in [0.2, 0.25) is 5.91 Å². The first-order valence-electron chi connectivity index (χ1n) is 6.81. The number of carbonyl (C=O) groups is 2. The lowest BCUT2D eigenvalue weighted by Gasteiger charge is -2.26. The Morgan fingerprint density at radius 2 is 1.95 bits per heavy atom. The molecule has 1 fully saturated rings. The minimum atomic E-state index is -0.523. The predicted molar refractivity (Wildman–Crippen MR) is 77.6 cm³/mol. The van der Waals surface area contributed by atoms with Crippen molar-refractivity contribution in [3.8, 4) is 0 Å². The average molecular weight is 309 g/mol. The van der Waals surface area contributed by atoms with Crippen molar-refractivity contribution in [2.24, 2.45) is 11.7 Å². The molecule has 7 heteroatoms. The van der Waals surface area contributed by atoms with E-state index in [1.807, 2.05) is 0 Å². The van der Waals surface area contributed by atoms with Crippen LogP contribution in [0.25, 0.3) is 0 Å². The number of amides is 1. The number of ether oxygens (including phenoxy) is 2. The standard InChI is InChI=1S/C13H24N2O4.ClH/c1-9(2)19-11(16)3-6-15-13(17)12(14)10-4-7-18-8-5-10;/h9-10,12H,3-8,14H2,1-2H3,(H,15,17);1H. The molecule has 1 aliphatic heterocycles. The van der Waals surface area contributed by atoms with E-state index in [0.717, 1.165) is 12.8 Å². The first-order valence-corrected chi connectivity index (χ1v) is 6.81. The highest BCUT2D eigenvalue weighted by molar-refractivity contribution is 5.85. The molecule has 1 aliphatic rings. The molecule has 0 spiro atoms. The van der Waals surface area contributed by atoms with Crippen LogP contribution in [0.15, 0.2) is 0 Å². The summed E-state index contributed by atoms with van der Waals surface area (Å²) in [5, 5.41) is 2.68. The molecule has 0 aromatic heterocycles. The molecular formula is C13H25ClN2O4. The van der Waals surface area contributed by atoms with Crippen LogP contribution in [0.4, 0.5) is 0 Å². The van der Waals surface area contributed by atoms with E-state index in [1.54, 1.807) is 13.8 Å². The van der Waals surface area contributed by atoms with Gasteiger partial charge >= 0.3 is 5.97 Å². The van der Waals surface area contributed by atoms with E-state index < -0.39 is 6.04 Å². The highest BCUT2D eigenvalue weighted by atomic mass is 35.5. The molecule has 1 unspecified atom stereocenters. The quantitative estimate of drug-likeness (QED) is 0.702. The van der Waals surface area contributed by atoms with Crippen LogP contribution in [-0.4, -0.2) is 43.8 Å². The van der Waals surface area contributed by atoms with E-state index in [0.29, 0.717) is 13.2 Å². The Kier molecular flexibility index (Phi) is 9.54. The second-order valence-corrected chi connectivity index (χ2v) is 5.06. The van der Waals surface area contributed by atoms with Gasteiger partial charge in [-0.25, -0.2) is 0 Å². The molecule has 1 atom stereocenters. The number of nitrogens with two attached hydrogens (primary N) is 1. The maximum atomic E-state index is 11.8. The lowest BCUT2D eigenvalue weighted by molar-refractivity contribution is -0.147. The third-order valence-electron chi connectivity index (χ3n) is 3.07. The highest BCUT2D eigenvalue weighted by Gasteiger charge is 2.26. The smallest absolute Gasteiger partial charge is 0.307 e. The second kappa shape index (κ2) is 9.96. The summed E-state index contributed by atoms with van der Waals surface area (Å²) in [4.78, 5) is 23.1. The highest BCUT2D eigenvalue weighted by Crippen LogP contribution is 2.17. The molecule has 1 saturated heterocycles. The van der Waals surface area contributed by atoms with Gasteiger partial charge in [0.25, 0.3) is 0 Å². The van der Waals surface area contributed by atoms with E-state index in [4.69, 9.17) is 15.2 Å². The maximum Gasteiger partial charge on any atom is 0.307 e. The monoisotopic (exact) mass is 308 g/mol. The fourth-order valence-corrected chi connectivity index (χ4v) is 2.02. The molecule has 0 radical (unpaired) electrons. The van der Waals surface area contributed by atoms with Crippen LogP contribution in [0.3, 0.4) is 0 Å². The lowest BCUT2D eigenvalue weighted by atomic mass is 9.92. The number of hydrogen-bond donors (Lipinski definition) is 2. The number of halogens is 1. The van der Waals surface area contributed by atoms with Gasteiger partial charge in [0, 0.05) is 19.8 Å². The predicted octanol–water partition coefficient (Wildman–Crippen LogP) is 0.620. The molecule has 0 aliphatic carbocycles. The topological polar surface area (TPSA) is 90.7 Å². The Morgan fingerprint density at radius 3 is 2.50 bits per heavy atom. The molecule has 0 aromatic rings. The van der Waals surface area contributed by atoms with Gasteiger partial charge in [-0.1, -0.05) is 0 Å². The normalized spacial score (nSPS) is 17.2. The summed E-state index contributed by atoms with van der Waals surface area (Å²) in [6.07, 6.45) is 1.66. The van der Waals surface area contributed by atoms with E-state index in [2.05, 4.69) is 5.32 Å². The van der Waals surface area contributed by atoms with Gasteiger partial charge < -0.3 is 20.5 Å². The van der Waals surface area contributed by atoms with Crippen LogP contribution in [0.5, 0.6) is 0 Å². The van der Waals surface area contributed by atoms with Crippen molar-refractivity contribution < 1.29 is 19.1 Å².